The molecule has 0 bridgehead atoms. The summed E-state index contributed by atoms with van der Waals surface area (Å²) in [5.41, 5.74) is -0.753. The summed E-state index contributed by atoms with van der Waals surface area (Å²) >= 11 is 0. The summed E-state index contributed by atoms with van der Waals surface area (Å²) in [6.07, 6.45) is 0.313. The lowest BCUT2D eigenvalue weighted by molar-refractivity contribution is -0.145. The van der Waals surface area contributed by atoms with Crippen LogP contribution in [0.15, 0.2) is 0 Å². The fraction of sp³-hybridized carbons (Fsp3) is 0.654. The predicted octanol–water partition coefficient (Wildman–Crippen LogP) is 0.860. The van der Waals surface area contributed by atoms with Gasteiger partial charge in [-0.15, -0.1) is 23.7 Å². The number of hydrogen-bond acceptors (Lipinski definition) is 7. The highest BCUT2D eigenvalue weighted by atomic mass is 16.6. The smallest absolute Gasteiger partial charge is 0.408 e. The van der Waals surface area contributed by atoms with Crippen molar-refractivity contribution in [2.24, 2.45) is 0 Å². The van der Waals surface area contributed by atoms with Gasteiger partial charge in [0.15, 0.2) is 0 Å². The van der Waals surface area contributed by atoms with E-state index in [9.17, 15) is 24.0 Å². The van der Waals surface area contributed by atoms with Crippen molar-refractivity contribution in [2.45, 2.75) is 97.0 Å². The van der Waals surface area contributed by atoms with Crippen LogP contribution < -0.4 is 16.0 Å². The zero-order valence-electron chi connectivity index (χ0n) is 22.6. The van der Waals surface area contributed by atoms with E-state index in [1.54, 1.807) is 34.6 Å². The van der Waals surface area contributed by atoms with Crippen LogP contribution in [0.3, 0.4) is 0 Å². The van der Waals surface area contributed by atoms with Crippen LogP contribution in [0.2, 0.25) is 0 Å². The lowest BCUT2D eigenvalue weighted by Crippen LogP contribution is -2.56. The molecule has 0 aromatic rings. The fourth-order valence-corrected chi connectivity index (χ4v) is 3.57. The van der Waals surface area contributed by atoms with Gasteiger partial charge in [0.1, 0.15) is 29.8 Å². The van der Waals surface area contributed by atoms with Crippen LogP contribution in [0, 0.1) is 23.7 Å². The van der Waals surface area contributed by atoms with Gasteiger partial charge in [0.2, 0.25) is 17.7 Å². The number of methoxy groups -OCH3 is 1. The molecule has 1 rings (SSSR count). The molecule has 204 valence electrons. The van der Waals surface area contributed by atoms with E-state index in [1.807, 2.05) is 0 Å². The third-order valence-electron chi connectivity index (χ3n) is 5.35. The van der Waals surface area contributed by atoms with Crippen molar-refractivity contribution >= 4 is 29.8 Å². The van der Waals surface area contributed by atoms with Crippen LogP contribution >= 0.6 is 0 Å². The lowest BCUT2D eigenvalue weighted by Gasteiger charge is -2.29. The standard InChI is InChI=1S/C26H38N4O7/c1-8-10-13-18(29-25(35)37-26(4,5)6)23(33)30-16-12-15-20(30)22(32)27-17(3)21(31)28-19(14-11-9-2)24(34)36-7/h17-20H,12-16H2,1-7H3,(H,27,32)(H,28,31)(H,29,35)/t17-,18+,19+,20+/m1/s1. The average molecular weight is 519 g/mol. The van der Waals surface area contributed by atoms with Crippen molar-refractivity contribution in [1.82, 2.24) is 20.9 Å². The number of carbonyl (C=O) groups excluding carboxylic acids is 5. The number of esters is 1. The molecule has 1 heterocycles. The Morgan fingerprint density at radius 3 is 2.11 bits per heavy atom. The van der Waals surface area contributed by atoms with Gasteiger partial charge >= 0.3 is 12.1 Å². The minimum Gasteiger partial charge on any atom is -0.467 e. The highest BCUT2D eigenvalue weighted by Crippen LogP contribution is 2.20. The van der Waals surface area contributed by atoms with Gasteiger partial charge in [-0.1, -0.05) is 0 Å². The van der Waals surface area contributed by atoms with E-state index < -0.39 is 59.6 Å². The number of hydrogen-bond donors (Lipinski definition) is 3. The summed E-state index contributed by atoms with van der Waals surface area (Å²) in [5, 5.41) is 7.68. The van der Waals surface area contributed by atoms with Gasteiger partial charge in [0.05, 0.1) is 7.11 Å². The van der Waals surface area contributed by atoms with E-state index in [4.69, 9.17) is 9.47 Å². The monoisotopic (exact) mass is 518 g/mol. The van der Waals surface area contributed by atoms with Crippen LogP contribution in [-0.2, 0) is 28.7 Å². The van der Waals surface area contributed by atoms with Crippen LogP contribution in [0.25, 0.3) is 0 Å². The second-order valence-corrected chi connectivity index (χ2v) is 9.46. The minimum absolute atomic E-state index is 0.0494. The molecule has 0 aromatic heterocycles. The van der Waals surface area contributed by atoms with Crippen molar-refractivity contribution in [3.63, 3.8) is 0 Å². The Labute approximate surface area is 218 Å². The van der Waals surface area contributed by atoms with E-state index in [1.165, 1.54) is 18.9 Å². The molecule has 11 nitrogen and oxygen atoms in total. The molecule has 0 saturated carbocycles. The van der Waals surface area contributed by atoms with Gasteiger partial charge < -0.3 is 30.3 Å². The number of nitrogens with one attached hydrogen (secondary N) is 3. The van der Waals surface area contributed by atoms with E-state index in [2.05, 4.69) is 39.6 Å². The molecule has 1 saturated heterocycles. The molecular weight excluding hydrogens is 480 g/mol. The van der Waals surface area contributed by atoms with Gasteiger partial charge in [0.25, 0.3) is 0 Å². The molecule has 0 spiro atoms. The summed E-state index contributed by atoms with van der Waals surface area (Å²) in [7, 11) is 1.20. The third kappa shape index (κ3) is 10.4. The molecule has 11 heteroatoms. The molecule has 3 N–H and O–H groups in total. The number of ether oxygens (including phenoxy) is 2. The first-order valence-corrected chi connectivity index (χ1v) is 12.1. The minimum atomic E-state index is -1.00. The third-order valence-corrected chi connectivity index (χ3v) is 5.35. The van der Waals surface area contributed by atoms with E-state index in [-0.39, 0.29) is 12.8 Å². The number of amides is 4. The molecule has 1 aliphatic rings. The molecular formula is C26H38N4O7. The van der Waals surface area contributed by atoms with Crippen LogP contribution in [0.1, 0.15) is 67.2 Å². The first kappa shape index (κ1) is 31.3. The van der Waals surface area contributed by atoms with Crippen molar-refractivity contribution in [3.05, 3.63) is 0 Å². The Bertz CT molecular complexity index is 981. The summed E-state index contributed by atoms with van der Waals surface area (Å²) < 4.78 is 9.96. The normalized spacial score (nSPS) is 16.9. The second-order valence-electron chi connectivity index (χ2n) is 9.46. The summed E-state index contributed by atoms with van der Waals surface area (Å²) in [6.45, 7) is 10.1. The maximum atomic E-state index is 13.3. The number of likely N-dealkylation sites (tertiary alicyclic amines) is 1. The topological polar surface area (TPSA) is 143 Å². The number of alkyl carbamates (subject to hydrolysis) is 1. The van der Waals surface area contributed by atoms with Crippen LogP contribution in [0.5, 0.6) is 0 Å². The lowest BCUT2D eigenvalue weighted by atomic mass is 10.1. The molecule has 0 unspecified atom stereocenters. The maximum absolute atomic E-state index is 13.3. The molecule has 0 aliphatic carbocycles. The predicted molar refractivity (Wildman–Crippen MR) is 136 cm³/mol. The van der Waals surface area contributed by atoms with Gasteiger partial charge in [-0.2, -0.15) is 0 Å². The highest BCUT2D eigenvalue weighted by molar-refractivity contribution is 5.95. The Morgan fingerprint density at radius 2 is 1.57 bits per heavy atom. The Kier molecular flexibility index (Phi) is 12.5. The van der Waals surface area contributed by atoms with Crippen molar-refractivity contribution in [3.8, 4) is 23.7 Å². The Balaban J connectivity index is 2.90. The van der Waals surface area contributed by atoms with Crippen LogP contribution in [-0.4, -0.2) is 78.1 Å². The van der Waals surface area contributed by atoms with Gasteiger partial charge in [0, 0.05) is 19.4 Å². The highest BCUT2D eigenvalue weighted by Gasteiger charge is 2.38. The average Bonchev–Trinajstić information content (AvgIpc) is 3.32. The zero-order valence-corrected chi connectivity index (χ0v) is 22.6. The second kappa shape index (κ2) is 14.7. The van der Waals surface area contributed by atoms with E-state index in [0.717, 1.165) is 0 Å². The van der Waals surface area contributed by atoms with Crippen LogP contribution in [0.4, 0.5) is 4.79 Å². The Morgan fingerprint density at radius 1 is 0.973 bits per heavy atom. The largest absolute Gasteiger partial charge is 0.467 e. The number of nitrogens with zero attached hydrogens (tertiary/aromatic N) is 1. The maximum Gasteiger partial charge on any atom is 0.408 e. The molecule has 1 fully saturated rings. The fourth-order valence-electron chi connectivity index (χ4n) is 3.57. The summed E-state index contributed by atoms with van der Waals surface area (Å²) in [5.74, 6) is 8.62. The van der Waals surface area contributed by atoms with E-state index >= 15 is 0 Å². The molecule has 0 aromatic carbocycles. The summed E-state index contributed by atoms with van der Waals surface area (Å²) in [4.78, 5) is 64.6. The van der Waals surface area contributed by atoms with Crippen molar-refractivity contribution in [2.75, 3.05) is 13.7 Å². The number of carbonyl (C=O) groups is 5. The number of rotatable bonds is 9. The first-order chi connectivity index (χ1) is 17.3. The first-order valence-electron chi connectivity index (χ1n) is 12.1. The van der Waals surface area contributed by atoms with Gasteiger partial charge in [-0.05, 0) is 54.4 Å². The Hall–Kier alpha value is -3.73. The van der Waals surface area contributed by atoms with Crippen molar-refractivity contribution < 1.29 is 33.4 Å². The van der Waals surface area contributed by atoms with Gasteiger partial charge in [-0.25, -0.2) is 9.59 Å². The van der Waals surface area contributed by atoms with Gasteiger partial charge in [-0.3, -0.25) is 14.4 Å². The molecule has 4 amide bonds. The van der Waals surface area contributed by atoms with E-state index in [0.29, 0.717) is 19.4 Å². The zero-order chi connectivity index (χ0) is 28.2. The summed E-state index contributed by atoms with van der Waals surface area (Å²) in [6, 6.07) is -3.80. The molecule has 1 aliphatic heterocycles. The molecule has 37 heavy (non-hydrogen) atoms. The molecule has 0 radical (unpaired) electrons. The van der Waals surface area contributed by atoms with Crippen molar-refractivity contribution in [1.29, 1.82) is 0 Å². The molecule has 4 atom stereocenters. The quantitative estimate of drug-likeness (QED) is 0.303. The SMILES string of the molecule is CC#CC[C@H](NC(=O)[C@@H](C)NC(=O)[C@@H]1CCCN1C(=O)[C@H](CC#CC)NC(=O)OC(C)(C)C)C(=O)OC.